The molecule has 0 aliphatic rings. The van der Waals surface area contributed by atoms with Gasteiger partial charge in [0.25, 0.3) is 10.0 Å². The second kappa shape index (κ2) is 5.47. The minimum absolute atomic E-state index is 0.0180. The number of pyridine rings is 1. The maximum Gasteiger partial charge on any atom is 0.265 e. The van der Waals surface area contributed by atoms with Gasteiger partial charge in [-0.3, -0.25) is 9.71 Å². The molecule has 2 rings (SSSR count). The van der Waals surface area contributed by atoms with E-state index in [2.05, 4.69) is 9.71 Å². The quantitative estimate of drug-likeness (QED) is 0.846. The molecule has 1 aromatic heterocycles. The Balaban J connectivity index is 2.46. The predicted octanol–water partition coefficient (Wildman–Crippen LogP) is 3.08. The number of halogens is 2. The molecule has 8 heteroatoms. The number of nitrogens with one attached hydrogen (secondary N) is 1. The number of nitrogens with zero attached hydrogens (tertiary/aromatic N) is 1. The number of aromatic nitrogens is 1. The molecule has 0 bridgehead atoms. The van der Waals surface area contributed by atoms with E-state index in [-0.39, 0.29) is 20.6 Å². The van der Waals surface area contributed by atoms with Gasteiger partial charge in [-0.1, -0.05) is 23.2 Å². The van der Waals surface area contributed by atoms with Crippen molar-refractivity contribution >= 4 is 44.6 Å². The molecule has 0 fully saturated rings. The number of hydrogen-bond donors (Lipinski definition) is 2. The predicted molar refractivity (Wildman–Crippen MR) is 80.7 cm³/mol. The monoisotopic (exact) mass is 331 g/mol. The van der Waals surface area contributed by atoms with E-state index >= 15 is 0 Å². The first kappa shape index (κ1) is 14.9. The van der Waals surface area contributed by atoms with Crippen LogP contribution in [-0.2, 0) is 10.0 Å². The number of anilines is 2. The van der Waals surface area contributed by atoms with Crippen molar-refractivity contribution in [1.29, 1.82) is 0 Å². The van der Waals surface area contributed by atoms with E-state index in [0.29, 0.717) is 5.69 Å². The summed E-state index contributed by atoms with van der Waals surface area (Å²) in [5.74, 6) is 0. The van der Waals surface area contributed by atoms with Crippen LogP contribution in [0.3, 0.4) is 0 Å². The zero-order chi connectivity index (χ0) is 14.9. The van der Waals surface area contributed by atoms with Crippen LogP contribution in [0.5, 0.6) is 0 Å². The summed E-state index contributed by atoms with van der Waals surface area (Å²) in [6, 6.07) is 4.30. The number of sulfonamides is 1. The Labute approximate surface area is 126 Å². The Morgan fingerprint density at radius 2 is 1.90 bits per heavy atom. The Morgan fingerprint density at radius 1 is 1.20 bits per heavy atom. The lowest BCUT2D eigenvalue weighted by Gasteiger charge is -2.12. The van der Waals surface area contributed by atoms with Gasteiger partial charge < -0.3 is 5.73 Å². The highest BCUT2D eigenvalue weighted by atomic mass is 35.5. The highest BCUT2D eigenvalue weighted by Gasteiger charge is 2.22. The Morgan fingerprint density at radius 3 is 2.50 bits per heavy atom. The van der Waals surface area contributed by atoms with Crippen molar-refractivity contribution in [2.45, 2.75) is 11.8 Å². The number of hydrogen-bond acceptors (Lipinski definition) is 4. The minimum Gasteiger partial charge on any atom is -0.398 e. The summed E-state index contributed by atoms with van der Waals surface area (Å²) >= 11 is 11.7. The fourth-order valence-corrected chi connectivity index (χ4v) is 3.70. The highest BCUT2D eigenvalue weighted by Crippen LogP contribution is 2.32. The maximum absolute atomic E-state index is 12.3. The number of rotatable bonds is 3. The summed E-state index contributed by atoms with van der Waals surface area (Å²) in [5, 5.41) is 0.229. The summed E-state index contributed by atoms with van der Waals surface area (Å²) in [6.07, 6.45) is 3.01. The molecule has 0 spiro atoms. The number of aryl methyl sites for hydroxylation is 1. The highest BCUT2D eigenvalue weighted by molar-refractivity contribution is 7.93. The standard InChI is InChI=1S/C12H11Cl2N3O2S/c1-7-2-9(6-16-5-7)17-20(18,19)12-10(14)3-8(13)4-11(12)15/h2-6,17H,15H2,1H3. The van der Waals surface area contributed by atoms with Gasteiger partial charge >= 0.3 is 0 Å². The van der Waals surface area contributed by atoms with Gasteiger partial charge in [-0.2, -0.15) is 0 Å². The molecule has 0 saturated heterocycles. The molecule has 0 atom stereocenters. The first-order valence-electron chi connectivity index (χ1n) is 5.48. The Hall–Kier alpha value is -1.50. The van der Waals surface area contributed by atoms with Crippen LogP contribution >= 0.6 is 23.2 Å². The second-order valence-electron chi connectivity index (χ2n) is 4.16. The van der Waals surface area contributed by atoms with Crippen LogP contribution in [0.15, 0.2) is 35.5 Å². The average molecular weight is 332 g/mol. The molecule has 106 valence electrons. The smallest absolute Gasteiger partial charge is 0.265 e. The molecule has 5 nitrogen and oxygen atoms in total. The van der Waals surface area contributed by atoms with E-state index < -0.39 is 10.0 Å². The third kappa shape index (κ3) is 3.15. The molecular formula is C12H11Cl2N3O2S. The van der Waals surface area contributed by atoms with Crippen LogP contribution in [0.1, 0.15) is 5.56 Å². The van der Waals surface area contributed by atoms with Crippen LogP contribution in [0, 0.1) is 6.92 Å². The van der Waals surface area contributed by atoms with Crippen molar-refractivity contribution in [3.8, 4) is 0 Å². The number of nitrogen functional groups attached to an aromatic ring is 1. The average Bonchev–Trinajstić information content (AvgIpc) is 2.25. The lowest BCUT2D eigenvalue weighted by Crippen LogP contribution is -2.15. The van der Waals surface area contributed by atoms with Crippen molar-refractivity contribution in [2.24, 2.45) is 0 Å². The molecule has 0 amide bonds. The number of benzene rings is 1. The van der Waals surface area contributed by atoms with Crippen LogP contribution in [0.4, 0.5) is 11.4 Å². The van der Waals surface area contributed by atoms with Gasteiger partial charge in [0.2, 0.25) is 0 Å². The number of nitrogens with two attached hydrogens (primary N) is 1. The van der Waals surface area contributed by atoms with E-state index in [1.807, 2.05) is 0 Å². The summed E-state index contributed by atoms with van der Waals surface area (Å²) in [5.41, 5.74) is 6.82. The van der Waals surface area contributed by atoms with E-state index in [9.17, 15) is 8.42 Å². The molecule has 1 heterocycles. The second-order valence-corrected chi connectivity index (χ2v) is 6.63. The SMILES string of the molecule is Cc1cncc(NS(=O)(=O)c2c(N)cc(Cl)cc2Cl)c1. The molecular weight excluding hydrogens is 321 g/mol. The lowest BCUT2D eigenvalue weighted by atomic mass is 10.3. The fraction of sp³-hybridized carbons (Fsp3) is 0.0833. The Kier molecular flexibility index (Phi) is 4.08. The van der Waals surface area contributed by atoms with Crippen molar-refractivity contribution in [3.63, 3.8) is 0 Å². The van der Waals surface area contributed by atoms with Gasteiger partial charge in [0.15, 0.2) is 0 Å². The largest absolute Gasteiger partial charge is 0.398 e. The zero-order valence-corrected chi connectivity index (χ0v) is 12.7. The van der Waals surface area contributed by atoms with E-state index in [1.165, 1.54) is 18.3 Å². The normalized spacial score (nSPS) is 11.3. The molecule has 0 saturated carbocycles. The third-order valence-electron chi connectivity index (χ3n) is 2.43. The molecule has 3 N–H and O–H groups in total. The molecule has 20 heavy (non-hydrogen) atoms. The molecule has 1 aromatic carbocycles. The van der Waals surface area contributed by atoms with Crippen molar-refractivity contribution < 1.29 is 8.42 Å². The minimum atomic E-state index is -3.91. The van der Waals surface area contributed by atoms with Crippen molar-refractivity contribution in [2.75, 3.05) is 10.5 Å². The summed E-state index contributed by atoms with van der Waals surface area (Å²) in [6.45, 7) is 1.80. The molecule has 0 aliphatic heterocycles. The maximum atomic E-state index is 12.3. The summed E-state index contributed by atoms with van der Waals surface area (Å²) < 4.78 is 27.0. The molecule has 0 unspecified atom stereocenters. The summed E-state index contributed by atoms with van der Waals surface area (Å²) in [7, 11) is -3.91. The van der Waals surface area contributed by atoms with E-state index in [1.54, 1.807) is 19.2 Å². The van der Waals surface area contributed by atoms with Gasteiger partial charge in [0, 0.05) is 11.2 Å². The van der Waals surface area contributed by atoms with Crippen LogP contribution in [0.2, 0.25) is 10.0 Å². The van der Waals surface area contributed by atoms with Crippen LogP contribution in [0.25, 0.3) is 0 Å². The van der Waals surface area contributed by atoms with Gasteiger partial charge in [-0.15, -0.1) is 0 Å². The first-order valence-corrected chi connectivity index (χ1v) is 7.72. The zero-order valence-electron chi connectivity index (χ0n) is 10.4. The molecule has 0 aliphatic carbocycles. The first-order chi connectivity index (χ1) is 9.29. The van der Waals surface area contributed by atoms with Crippen LogP contribution < -0.4 is 10.5 Å². The van der Waals surface area contributed by atoms with Gasteiger partial charge in [-0.05, 0) is 30.7 Å². The lowest BCUT2D eigenvalue weighted by molar-refractivity contribution is 0.601. The van der Waals surface area contributed by atoms with Crippen molar-refractivity contribution in [3.05, 3.63) is 46.2 Å². The molecule has 0 radical (unpaired) electrons. The molecule has 2 aromatic rings. The third-order valence-corrected chi connectivity index (χ3v) is 4.56. The Bertz CT molecular complexity index is 740. The van der Waals surface area contributed by atoms with Crippen LogP contribution in [-0.4, -0.2) is 13.4 Å². The van der Waals surface area contributed by atoms with Crippen molar-refractivity contribution in [1.82, 2.24) is 4.98 Å². The van der Waals surface area contributed by atoms with E-state index in [0.717, 1.165) is 5.56 Å². The van der Waals surface area contributed by atoms with Gasteiger partial charge in [0.05, 0.1) is 22.6 Å². The van der Waals surface area contributed by atoms with Gasteiger partial charge in [0.1, 0.15) is 4.90 Å². The topological polar surface area (TPSA) is 85.1 Å². The van der Waals surface area contributed by atoms with Gasteiger partial charge in [-0.25, -0.2) is 8.42 Å². The fourth-order valence-electron chi connectivity index (χ4n) is 1.68. The summed E-state index contributed by atoms with van der Waals surface area (Å²) in [4.78, 5) is 3.71. The van der Waals surface area contributed by atoms with E-state index in [4.69, 9.17) is 28.9 Å².